The van der Waals surface area contributed by atoms with Gasteiger partial charge in [-0.05, 0) is 15.9 Å². The molecule has 11 heteroatoms. The number of aliphatic hydroxyl groups is 1. The van der Waals surface area contributed by atoms with Crippen molar-refractivity contribution < 1.29 is 20.1 Å². The summed E-state index contributed by atoms with van der Waals surface area (Å²) in [6, 6.07) is 1.96. The molecule has 170 valence electrons. The third kappa shape index (κ3) is 7.00. The van der Waals surface area contributed by atoms with E-state index in [1.807, 2.05) is 6.07 Å². The molecule has 0 bridgehead atoms. The molecule has 2 aromatic rings. The number of ether oxygens (including phenoxy) is 1. The molecule has 3 N–H and O–H groups in total. The number of nitrogens with zero attached hydrogens (tertiary/aromatic N) is 4. The van der Waals surface area contributed by atoms with Crippen LogP contribution >= 0.6 is 15.9 Å². The summed E-state index contributed by atoms with van der Waals surface area (Å²) in [6.07, 6.45) is 0.875. The molecule has 4 atom stereocenters. The van der Waals surface area contributed by atoms with Crippen molar-refractivity contribution in [3.8, 4) is 6.07 Å². The molecular weight excluding hydrogens is 573 g/mol. The van der Waals surface area contributed by atoms with Gasteiger partial charge >= 0.3 is 23.9 Å². The Bertz CT molecular complexity index is 837. The number of nitriles is 1. The molecule has 0 spiro atoms. The van der Waals surface area contributed by atoms with Crippen molar-refractivity contribution in [2.45, 2.75) is 77.9 Å². The minimum atomic E-state index is -1.66. The van der Waals surface area contributed by atoms with Crippen LogP contribution in [0.25, 0.3) is 11.0 Å². The number of rotatable bonds is 4. The Morgan fingerprint density at radius 1 is 1.16 bits per heavy atom. The van der Waals surface area contributed by atoms with Gasteiger partial charge in [0.25, 0.3) is 0 Å². The second kappa shape index (κ2) is 15.0. The molecule has 4 unspecified atom stereocenters. The fourth-order valence-corrected chi connectivity index (χ4v) is 3.18. The van der Waals surface area contributed by atoms with Gasteiger partial charge in [0.15, 0.2) is 0 Å². The van der Waals surface area contributed by atoms with Gasteiger partial charge in [0.05, 0.1) is 23.7 Å². The molecule has 2 aromatic heterocycles. The fraction of sp³-hybridized carbons (Fsp3) is 0.650. The third-order valence-corrected chi connectivity index (χ3v) is 5.36. The van der Waals surface area contributed by atoms with Gasteiger partial charge in [-0.15, -0.1) is 6.10 Å². The van der Waals surface area contributed by atoms with Gasteiger partial charge in [-0.3, -0.25) is 4.57 Å². The molecule has 3 rings (SSSR count). The van der Waals surface area contributed by atoms with E-state index >= 15 is 0 Å². The number of fused-ring (bicyclic) bond motifs is 1. The van der Waals surface area contributed by atoms with Crippen molar-refractivity contribution >= 4 is 56.7 Å². The zero-order valence-electron chi connectivity index (χ0n) is 18.3. The maximum absolute atomic E-state index is 12.2. The fourth-order valence-electron chi connectivity index (χ4n) is 2.53. The van der Waals surface area contributed by atoms with Crippen LogP contribution in [0.2, 0.25) is 0 Å². The molecule has 1 saturated heterocycles. The number of nitrogen functional groups attached to an aromatic ring is 1. The van der Waals surface area contributed by atoms with Crippen LogP contribution in [0, 0.1) is 11.3 Å². The molecular formula is C20H30BrN5O4Sn. The molecule has 1 aliphatic heterocycles. The van der Waals surface area contributed by atoms with Gasteiger partial charge < -0.3 is 25.8 Å². The minimum absolute atomic E-state index is 0. The number of nitrogens with two attached hydrogens (primary N) is 1. The van der Waals surface area contributed by atoms with Crippen molar-refractivity contribution in [2.24, 2.45) is 0 Å². The molecule has 1 fully saturated rings. The number of hydrogen-bond acceptors (Lipinski definition) is 8. The first kappa shape index (κ1) is 30.0. The summed E-state index contributed by atoms with van der Waals surface area (Å²) in [5, 5.41) is 42.7. The smallest absolute Gasteiger partial charge is 0.851 e. The van der Waals surface area contributed by atoms with E-state index in [4.69, 9.17) is 15.6 Å². The van der Waals surface area contributed by atoms with Gasteiger partial charge in [0.1, 0.15) is 34.7 Å². The molecule has 0 aliphatic carbocycles. The van der Waals surface area contributed by atoms with Gasteiger partial charge in [-0.1, -0.05) is 59.5 Å². The summed E-state index contributed by atoms with van der Waals surface area (Å²) < 4.78 is 6.90. The van der Waals surface area contributed by atoms with E-state index in [1.165, 1.54) is 36.6 Å². The van der Waals surface area contributed by atoms with Crippen molar-refractivity contribution in [3.05, 3.63) is 16.5 Å². The molecule has 3 heterocycles. The van der Waals surface area contributed by atoms with Crippen LogP contribution in [0.5, 0.6) is 0 Å². The van der Waals surface area contributed by atoms with E-state index < -0.39 is 31.1 Å². The molecule has 0 aromatic carbocycles. The molecule has 0 amide bonds. The van der Waals surface area contributed by atoms with Crippen molar-refractivity contribution in [1.82, 2.24) is 14.5 Å². The van der Waals surface area contributed by atoms with Gasteiger partial charge in [0.2, 0.25) is 0 Å². The number of anilines is 1. The Morgan fingerprint density at radius 2 is 1.71 bits per heavy atom. The van der Waals surface area contributed by atoms with Crippen LogP contribution in [-0.4, -0.2) is 68.5 Å². The first-order valence-electron chi connectivity index (χ1n) is 10.1. The average Bonchev–Trinajstić information content (AvgIpc) is 3.21. The van der Waals surface area contributed by atoms with E-state index in [0.717, 1.165) is 0 Å². The van der Waals surface area contributed by atoms with E-state index in [1.54, 1.807) is 0 Å². The summed E-state index contributed by atoms with van der Waals surface area (Å²) in [5.41, 5.74) is 6.14. The average molecular weight is 603 g/mol. The van der Waals surface area contributed by atoms with Crippen LogP contribution in [-0.2, 0) is 4.74 Å². The molecule has 2 radical (unpaired) electrons. The first-order chi connectivity index (χ1) is 14.3. The number of halogens is 1. The zero-order chi connectivity index (χ0) is 22.8. The predicted octanol–water partition coefficient (Wildman–Crippen LogP) is 1.23. The second-order valence-electron chi connectivity index (χ2n) is 6.78. The summed E-state index contributed by atoms with van der Waals surface area (Å²) in [5.74, 6) is 0.0822. The van der Waals surface area contributed by atoms with Crippen LogP contribution in [0.1, 0.15) is 65.2 Å². The molecule has 31 heavy (non-hydrogen) atoms. The van der Waals surface area contributed by atoms with Crippen LogP contribution < -0.4 is 15.9 Å². The Morgan fingerprint density at radius 3 is 2.13 bits per heavy atom. The number of aromatic nitrogens is 3. The SMILES string of the molecule is CCCC.CCCC.N#Cc1c(Br)n(C2OC(CO)C([O-])C2[O-])c2ncnc(N)c12.[Sn+2]. The van der Waals surface area contributed by atoms with E-state index in [-0.39, 0.29) is 50.9 Å². The summed E-state index contributed by atoms with van der Waals surface area (Å²) >= 11 is 3.22. The van der Waals surface area contributed by atoms with Gasteiger partial charge in [0, 0.05) is 0 Å². The van der Waals surface area contributed by atoms with Crippen molar-refractivity contribution in [3.63, 3.8) is 0 Å². The summed E-state index contributed by atoms with van der Waals surface area (Å²) in [4.78, 5) is 7.86. The normalized spacial score (nSPS) is 21.9. The summed E-state index contributed by atoms with van der Waals surface area (Å²) in [7, 11) is 0. The Labute approximate surface area is 208 Å². The van der Waals surface area contributed by atoms with Crippen LogP contribution in [0.3, 0.4) is 0 Å². The largest absolute Gasteiger partial charge is 2.00 e. The zero-order valence-corrected chi connectivity index (χ0v) is 22.8. The summed E-state index contributed by atoms with van der Waals surface area (Å²) in [6.45, 7) is 8.17. The van der Waals surface area contributed by atoms with Crippen LogP contribution in [0.4, 0.5) is 5.82 Å². The maximum atomic E-state index is 12.2. The quantitative estimate of drug-likeness (QED) is 0.495. The molecule has 0 saturated carbocycles. The first-order valence-corrected chi connectivity index (χ1v) is 10.9. The van der Waals surface area contributed by atoms with E-state index in [9.17, 15) is 15.5 Å². The van der Waals surface area contributed by atoms with Crippen molar-refractivity contribution in [1.29, 1.82) is 5.26 Å². The van der Waals surface area contributed by atoms with Crippen LogP contribution in [0.15, 0.2) is 10.9 Å². The van der Waals surface area contributed by atoms with Gasteiger partial charge in [-0.2, -0.15) is 5.26 Å². The maximum Gasteiger partial charge on any atom is 2.00 e. The van der Waals surface area contributed by atoms with Crippen molar-refractivity contribution in [2.75, 3.05) is 12.3 Å². The van der Waals surface area contributed by atoms with E-state index in [2.05, 4.69) is 53.6 Å². The Balaban J connectivity index is 0.000000867. The number of aliphatic hydroxyl groups excluding tert-OH is 1. The predicted molar refractivity (Wildman–Crippen MR) is 120 cm³/mol. The third-order valence-electron chi connectivity index (χ3n) is 4.58. The minimum Gasteiger partial charge on any atom is -0.851 e. The Kier molecular flexibility index (Phi) is 14.5. The molecule has 1 aliphatic rings. The number of hydrogen-bond donors (Lipinski definition) is 2. The monoisotopic (exact) mass is 603 g/mol. The standard InChI is InChI=1S/C12H10BrN5O4.2C4H10.Sn/c13-9-4(1-14)6-10(15)16-3-17-11(6)18(9)12-8(21)7(20)5(2-19)22-12;2*1-3-4-2;/h3,5,7-8,12,19H,2H2,(H2,15,16,17);2*3-4H2,1-2H3;/q-2;;;+2. The topological polar surface area (TPSA) is 156 Å². The van der Waals surface area contributed by atoms with Gasteiger partial charge in [-0.25, -0.2) is 9.97 Å². The molecule has 9 nitrogen and oxygen atoms in total. The second-order valence-corrected chi connectivity index (χ2v) is 7.53. The number of unbranched alkanes of at least 4 members (excludes halogenated alkanes) is 2. The Hall–Kier alpha value is -0.971. The van der Waals surface area contributed by atoms with E-state index in [0.29, 0.717) is 0 Å².